The van der Waals surface area contributed by atoms with E-state index in [1.807, 2.05) is 0 Å². The second-order valence-corrected chi connectivity index (χ2v) is 5.89. The maximum absolute atomic E-state index is 9.85. The summed E-state index contributed by atoms with van der Waals surface area (Å²) in [5.74, 6) is 0.789. The average molecular weight is 267 g/mol. The quantitative estimate of drug-likeness (QED) is 0.890. The molecule has 2 fully saturated rings. The molecule has 0 spiro atoms. The zero-order valence-corrected chi connectivity index (χ0v) is 10.3. The first-order valence-corrected chi connectivity index (χ1v) is 6.46. The molecule has 1 aromatic carbocycles. The van der Waals surface area contributed by atoms with Gasteiger partial charge in [0, 0.05) is 10.9 Å². The van der Waals surface area contributed by atoms with Crippen LogP contribution in [0.2, 0.25) is 0 Å². The minimum absolute atomic E-state index is 0.374. The van der Waals surface area contributed by atoms with Gasteiger partial charge >= 0.3 is 0 Å². The summed E-state index contributed by atoms with van der Waals surface area (Å²) in [6, 6.07) is 6.58. The topological polar surface area (TPSA) is 20.2 Å². The Balaban J connectivity index is 1.81. The van der Waals surface area contributed by atoms with Gasteiger partial charge in [-0.15, -0.1) is 0 Å². The standard InChI is InChI=1S/C13H15BrO/c14-12-7-9(8-13(15)5-6-13)1-4-11(12)10-2-3-10/h1,4,7,10,15H,2-3,5-6,8H2. The molecule has 0 heterocycles. The Kier molecular flexibility index (Phi) is 2.18. The lowest BCUT2D eigenvalue weighted by Gasteiger charge is -2.10. The van der Waals surface area contributed by atoms with Crippen molar-refractivity contribution in [2.75, 3.05) is 0 Å². The predicted octanol–water partition coefficient (Wildman–Crippen LogP) is 3.39. The third-order valence-electron chi connectivity index (χ3n) is 3.44. The van der Waals surface area contributed by atoms with Crippen molar-refractivity contribution < 1.29 is 5.11 Å². The number of rotatable bonds is 3. The van der Waals surface area contributed by atoms with Gasteiger partial charge < -0.3 is 5.11 Å². The first kappa shape index (κ1) is 9.86. The molecule has 1 N–H and O–H groups in total. The van der Waals surface area contributed by atoms with Gasteiger partial charge in [-0.05, 0) is 48.8 Å². The number of halogens is 1. The van der Waals surface area contributed by atoms with Crippen molar-refractivity contribution in [3.8, 4) is 0 Å². The van der Waals surface area contributed by atoms with E-state index in [0.717, 1.165) is 25.2 Å². The van der Waals surface area contributed by atoms with Crippen LogP contribution in [-0.4, -0.2) is 10.7 Å². The molecular formula is C13H15BrO. The summed E-state index contributed by atoms with van der Waals surface area (Å²) in [6.07, 6.45) is 5.42. The van der Waals surface area contributed by atoms with Crippen LogP contribution in [0.5, 0.6) is 0 Å². The van der Waals surface area contributed by atoms with Crippen molar-refractivity contribution in [3.05, 3.63) is 33.8 Å². The van der Waals surface area contributed by atoms with E-state index in [9.17, 15) is 5.11 Å². The fourth-order valence-electron chi connectivity index (χ4n) is 2.11. The van der Waals surface area contributed by atoms with Crippen molar-refractivity contribution >= 4 is 15.9 Å². The summed E-state index contributed by atoms with van der Waals surface area (Å²) in [7, 11) is 0. The molecule has 1 aromatic rings. The minimum atomic E-state index is -0.374. The van der Waals surface area contributed by atoms with Gasteiger partial charge in [0.2, 0.25) is 0 Å². The Labute approximate surface area is 98.6 Å². The zero-order chi connectivity index (χ0) is 10.5. The van der Waals surface area contributed by atoms with Gasteiger partial charge in [-0.25, -0.2) is 0 Å². The maximum atomic E-state index is 9.85. The third kappa shape index (κ3) is 2.11. The molecule has 80 valence electrons. The lowest BCUT2D eigenvalue weighted by atomic mass is 10.0. The molecule has 2 aliphatic rings. The van der Waals surface area contributed by atoms with Crippen LogP contribution in [0.1, 0.15) is 42.7 Å². The molecule has 1 nitrogen and oxygen atoms in total. The SMILES string of the molecule is OC1(Cc2ccc(C3CC3)c(Br)c2)CC1. The highest BCUT2D eigenvalue weighted by atomic mass is 79.9. The monoisotopic (exact) mass is 266 g/mol. The summed E-state index contributed by atoms with van der Waals surface area (Å²) in [5, 5.41) is 9.85. The van der Waals surface area contributed by atoms with E-state index in [1.165, 1.54) is 28.4 Å². The van der Waals surface area contributed by atoms with E-state index in [2.05, 4.69) is 34.1 Å². The molecule has 0 saturated heterocycles. The van der Waals surface area contributed by atoms with Gasteiger partial charge in [0.05, 0.1) is 5.60 Å². The van der Waals surface area contributed by atoms with Gasteiger partial charge in [-0.3, -0.25) is 0 Å². The van der Waals surface area contributed by atoms with E-state index < -0.39 is 0 Å². The van der Waals surface area contributed by atoms with Crippen LogP contribution in [0.4, 0.5) is 0 Å². The molecule has 2 aliphatic carbocycles. The zero-order valence-electron chi connectivity index (χ0n) is 8.67. The number of hydrogen-bond acceptors (Lipinski definition) is 1. The van der Waals surface area contributed by atoms with Crippen LogP contribution >= 0.6 is 15.9 Å². The van der Waals surface area contributed by atoms with E-state index in [-0.39, 0.29) is 5.60 Å². The van der Waals surface area contributed by atoms with E-state index in [0.29, 0.717) is 0 Å². The minimum Gasteiger partial charge on any atom is -0.390 e. The highest BCUT2D eigenvalue weighted by Crippen LogP contribution is 2.44. The number of hydrogen-bond donors (Lipinski definition) is 1. The van der Waals surface area contributed by atoms with Crippen LogP contribution in [-0.2, 0) is 6.42 Å². The van der Waals surface area contributed by atoms with Gasteiger partial charge in [-0.1, -0.05) is 28.1 Å². The van der Waals surface area contributed by atoms with Gasteiger partial charge in [0.1, 0.15) is 0 Å². The first-order valence-electron chi connectivity index (χ1n) is 5.67. The molecule has 0 amide bonds. The van der Waals surface area contributed by atoms with Crippen molar-refractivity contribution in [2.24, 2.45) is 0 Å². The number of benzene rings is 1. The molecule has 15 heavy (non-hydrogen) atoms. The van der Waals surface area contributed by atoms with E-state index >= 15 is 0 Å². The molecular weight excluding hydrogens is 252 g/mol. The largest absolute Gasteiger partial charge is 0.390 e. The van der Waals surface area contributed by atoms with Crippen molar-refractivity contribution in [2.45, 2.75) is 43.6 Å². The van der Waals surface area contributed by atoms with Crippen LogP contribution < -0.4 is 0 Å². The molecule has 2 saturated carbocycles. The van der Waals surface area contributed by atoms with Gasteiger partial charge in [0.25, 0.3) is 0 Å². The van der Waals surface area contributed by atoms with Crippen LogP contribution in [0.3, 0.4) is 0 Å². The second-order valence-electron chi connectivity index (χ2n) is 5.03. The normalized spacial score (nSPS) is 22.8. The fourth-order valence-corrected chi connectivity index (χ4v) is 2.86. The Hall–Kier alpha value is -0.340. The molecule has 2 heteroatoms. The van der Waals surface area contributed by atoms with Gasteiger partial charge in [-0.2, -0.15) is 0 Å². The summed E-state index contributed by atoms with van der Waals surface area (Å²) in [6.45, 7) is 0. The second kappa shape index (κ2) is 3.33. The van der Waals surface area contributed by atoms with Crippen molar-refractivity contribution in [1.29, 1.82) is 0 Å². The molecule has 0 unspecified atom stereocenters. The summed E-state index contributed by atoms with van der Waals surface area (Å²) in [5.41, 5.74) is 2.33. The Bertz CT molecular complexity index is 392. The Morgan fingerprint density at radius 3 is 2.60 bits per heavy atom. The molecule has 0 aliphatic heterocycles. The van der Waals surface area contributed by atoms with Crippen LogP contribution in [0.25, 0.3) is 0 Å². The smallest absolute Gasteiger partial charge is 0.0690 e. The van der Waals surface area contributed by atoms with Crippen molar-refractivity contribution in [3.63, 3.8) is 0 Å². The number of aliphatic hydroxyl groups is 1. The fraction of sp³-hybridized carbons (Fsp3) is 0.538. The van der Waals surface area contributed by atoms with E-state index in [4.69, 9.17) is 0 Å². The third-order valence-corrected chi connectivity index (χ3v) is 4.13. The van der Waals surface area contributed by atoms with Crippen molar-refractivity contribution in [1.82, 2.24) is 0 Å². The van der Waals surface area contributed by atoms with Gasteiger partial charge in [0.15, 0.2) is 0 Å². The molecule has 0 bridgehead atoms. The molecule has 0 radical (unpaired) electrons. The Morgan fingerprint density at radius 2 is 2.07 bits per heavy atom. The molecule has 3 rings (SSSR count). The molecule has 0 atom stereocenters. The summed E-state index contributed by atoms with van der Waals surface area (Å²) >= 11 is 3.63. The summed E-state index contributed by atoms with van der Waals surface area (Å²) in [4.78, 5) is 0. The lowest BCUT2D eigenvalue weighted by Crippen LogP contribution is -2.10. The van der Waals surface area contributed by atoms with Crippen LogP contribution in [0.15, 0.2) is 22.7 Å². The first-order chi connectivity index (χ1) is 7.16. The molecule has 0 aromatic heterocycles. The predicted molar refractivity (Wildman–Crippen MR) is 64.0 cm³/mol. The highest BCUT2D eigenvalue weighted by molar-refractivity contribution is 9.10. The summed E-state index contributed by atoms with van der Waals surface area (Å²) < 4.78 is 1.23. The maximum Gasteiger partial charge on any atom is 0.0690 e. The lowest BCUT2D eigenvalue weighted by molar-refractivity contribution is 0.151. The Morgan fingerprint density at radius 1 is 1.33 bits per heavy atom. The highest BCUT2D eigenvalue weighted by Gasteiger charge is 2.40. The average Bonchev–Trinajstić information content (AvgIpc) is 3.03. The van der Waals surface area contributed by atoms with Crippen LogP contribution in [0, 0.1) is 0 Å². The van der Waals surface area contributed by atoms with E-state index in [1.54, 1.807) is 0 Å².